The summed E-state index contributed by atoms with van der Waals surface area (Å²) in [5.74, 6) is -3.74. The number of halogens is 3. The molecule has 1 atom stereocenters. The lowest BCUT2D eigenvalue weighted by Gasteiger charge is -2.14. The summed E-state index contributed by atoms with van der Waals surface area (Å²) < 4.78 is 39.6. The summed E-state index contributed by atoms with van der Waals surface area (Å²) in [6.07, 6.45) is 1.98. The van der Waals surface area contributed by atoms with Crippen LogP contribution in [0.1, 0.15) is 37.6 Å². The molecule has 0 amide bonds. The Balaban J connectivity index is 2.27. The predicted octanol–water partition coefficient (Wildman–Crippen LogP) is 5.28. The van der Waals surface area contributed by atoms with E-state index < -0.39 is 17.5 Å². The molecule has 21 heavy (non-hydrogen) atoms. The highest BCUT2D eigenvalue weighted by Crippen LogP contribution is 2.33. The number of rotatable bonds is 6. The van der Waals surface area contributed by atoms with Gasteiger partial charge in [-0.05, 0) is 49.2 Å². The lowest BCUT2D eigenvalue weighted by molar-refractivity contribution is 0.448. The first-order valence-corrected chi connectivity index (χ1v) is 7.86. The highest BCUT2D eigenvalue weighted by atomic mass is 32.1. The third kappa shape index (κ3) is 3.66. The third-order valence-corrected chi connectivity index (χ3v) is 4.54. The molecular formula is C16H18F3NS. The van der Waals surface area contributed by atoms with Crippen molar-refractivity contribution in [2.24, 2.45) is 0 Å². The summed E-state index contributed by atoms with van der Waals surface area (Å²) in [6.45, 7) is 5.11. The second-order valence-corrected chi connectivity index (χ2v) is 5.99. The average molecular weight is 313 g/mol. The van der Waals surface area contributed by atoms with Crippen molar-refractivity contribution in [3.05, 3.63) is 46.6 Å². The molecule has 1 N–H and O–H groups in total. The van der Waals surface area contributed by atoms with Crippen molar-refractivity contribution in [2.45, 2.75) is 32.7 Å². The topological polar surface area (TPSA) is 12.0 Å². The Morgan fingerprint density at radius 3 is 2.33 bits per heavy atom. The quantitative estimate of drug-likeness (QED) is 0.715. The molecule has 2 aromatic rings. The lowest BCUT2D eigenvalue weighted by Crippen LogP contribution is -2.20. The zero-order valence-electron chi connectivity index (χ0n) is 12.1. The summed E-state index contributed by atoms with van der Waals surface area (Å²) in [5, 5.41) is 3.43. The largest absolute Gasteiger partial charge is 0.309 e. The molecule has 1 unspecified atom stereocenters. The Hall–Kier alpha value is -1.33. The summed E-state index contributed by atoms with van der Waals surface area (Å²) in [5.41, 5.74) is 0.369. The fourth-order valence-corrected chi connectivity index (χ4v) is 3.31. The van der Waals surface area contributed by atoms with Crippen LogP contribution in [0.3, 0.4) is 0 Å². The Labute approximate surface area is 126 Å². The summed E-state index contributed by atoms with van der Waals surface area (Å²) in [7, 11) is 0. The van der Waals surface area contributed by atoms with Gasteiger partial charge in [0.1, 0.15) is 0 Å². The molecule has 0 spiro atoms. The van der Waals surface area contributed by atoms with Gasteiger partial charge in [0, 0.05) is 15.8 Å². The number of hydrogen-bond acceptors (Lipinski definition) is 2. The molecule has 114 valence electrons. The first-order valence-electron chi connectivity index (χ1n) is 7.04. The molecule has 0 aliphatic rings. The Kier molecular flexibility index (Phi) is 5.42. The molecule has 0 aliphatic carbocycles. The minimum atomic E-state index is -1.42. The number of thiophene rings is 1. The van der Waals surface area contributed by atoms with E-state index in [0.717, 1.165) is 41.3 Å². The van der Waals surface area contributed by atoms with Crippen LogP contribution in [-0.4, -0.2) is 6.54 Å². The molecule has 5 heteroatoms. The second-order valence-electron chi connectivity index (χ2n) is 4.87. The van der Waals surface area contributed by atoms with Gasteiger partial charge in [0.05, 0.1) is 0 Å². The van der Waals surface area contributed by atoms with Gasteiger partial charge >= 0.3 is 0 Å². The van der Waals surface area contributed by atoms with Crippen molar-refractivity contribution in [3.8, 4) is 10.4 Å². The van der Waals surface area contributed by atoms with Crippen molar-refractivity contribution >= 4 is 11.3 Å². The smallest absolute Gasteiger partial charge is 0.194 e. The maximum Gasteiger partial charge on any atom is 0.194 e. The monoisotopic (exact) mass is 313 g/mol. The minimum absolute atomic E-state index is 0.235. The van der Waals surface area contributed by atoms with Gasteiger partial charge in [-0.1, -0.05) is 13.8 Å². The minimum Gasteiger partial charge on any atom is -0.309 e. The molecule has 1 aromatic carbocycles. The van der Waals surface area contributed by atoms with Crippen LogP contribution < -0.4 is 5.32 Å². The predicted molar refractivity (Wildman–Crippen MR) is 81.0 cm³/mol. The molecule has 0 aliphatic heterocycles. The molecule has 0 radical (unpaired) electrons. The van der Waals surface area contributed by atoms with Gasteiger partial charge in [0.25, 0.3) is 0 Å². The van der Waals surface area contributed by atoms with E-state index in [1.54, 1.807) is 0 Å². The van der Waals surface area contributed by atoms with E-state index in [2.05, 4.69) is 19.2 Å². The first-order chi connectivity index (χ1) is 10.1. The van der Waals surface area contributed by atoms with E-state index in [4.69, 9.17) is 0 Å². The SMILES string of the molecule is CCCNC(CC)c1ccc(-c2cc(F)c(F)c(F)c2)s1. The van der Waals surface area contributed by atoms with Crippen LogP contribution in [0.5, 0.6) is 0 Å². The fraction of sp³-hybridized carbons (Fsp3) is 0.375. The van der Waals surface area contributed by atoms with Gasteiger partial charge in [-0.15, -0.1) is 11.3 Å². The molecule has 1 heterocycles. The third-order valence-electron chi connectivity index (χ3n) is 3.29. The number of benzene rings is 1. The van der Waals surface area contributed by atoms with Crippen molar-refractivity contribution in [2.75, 3.05) is 6.54 Å². The van der Waals surface area contributed by atoms with E-state index in [9.17, 15) is 13.2 Å². The van der Waals surface area contributed by atoms with Crippen LogP contribution in [0.15, 0.2) is 24.3 Å². The van der Waals surface area contributed by atoms with Crippen molar-refractivity contribution in [3.63, 3.8) is 0 Å². The number of nitrogens with one attached hydrogen (secondary N) is 1. The van der Waals surface area contributed by atoms with Gasteiger partial charge in [-0.2, -0.15) is 0 Å². The van der Waals surface area contributed by atoms with E-state index in [-0.39, 0.29) is 6.04 Å². The molecule has 0 fully saturated rings. The first kappa shape index (κ1) is 16.0. The van der Waals surface area contributed by atoms with Crippen molar-refractivity contribution in [1.82, 2.24) is 5.32 Å². The molecule has 0 saturated carbocycles. The van der Waals surface area contributed by atoms with Crippen molar-refractivity contribution in [1.29, 1.82) is 0 Å². The zero-order valence-corrected chi connectivity index (χ0v) is 12.9. The highest BCUT2D eigenvalue weighted by Gasteiger charge is 2.15. The van der Waals surface area contributed by atoms with Crippen LogP contribution in [0.25, 0.3) is 10.4 Å². The van der Waals surface area contributed by atoms with E-state index in [0.29, 0.717) is 5.56 Å². The van der Waals surface area contributed by atoms with E-state index in [1.165, 1.54) is 11.3 Å². The molecule has 0 bridgehead atoms. The van der Waals surface area contributed by atoms with Crippen molar-refractivity contribution < 1.29 is 13.2 Å². The Morgan fingerprint density at radius 1 is 1.10 bits per heavy atom. The van der Waals surface area contributed by atoms with Gasteiger partial charge in [0.2, 0.25) is 0 Å². The Morgan fingerprint density at radius 2 is 1.76 bits per heavy atom. The second kappa shape index (κ2) is 7.09. The molecule has 0 saturated heterocycles. The zero-order chi connectivity index (χ0) is 15.4. The average Bonchev–Trinajstić information content (AvgIpc) is 2.95. The van der Waals surface area contributed by atoms with Gasteiger partial charge in [0.15, 0.2) is 17.5 Å². The Bertz CT molecular complexity index is 586. The highest BCUT2D eigenvalue weighted by molar-refractivity contribution is 7.15. The normalized spacial score (nSPS) is 12.6. The van der Waals surface area contributed by atoms with Gasteiger partial charge in [-0.3, -0.25) is 0 Å². The summed E-state index contributed by atoms with van der Waals surface area (Å²) in [4.78, 5) is 1.85. The molecule has 2 rings (SSSR count). The summed E-state index contributed by atoms with van der Waals surface area (Å²) >= 11 is 1.47. The van der Waals surface area contributed by atoms with Gasteiger partial charge in [-0.25, -0.2) is 13.2 Å². The maximum absolute atomic E-state index is 13.3. The standard InChI is InChI=1S/C16H18F3NS/c1-3-7-20-13(4-2)15-6-5-14(21-15)10-8-11(17)16(19)12(18)9-10/h5-6,8-9,13,20H,3-4,7H2,1-2H3. The lowest BCUT2D eigenvalue weighted by atomic mass is 10.1. The van der Waals surface area contributed by atoms with Crippen LogP contribution in [0.2, 0.25) is 0 Å². The van der Waals surface area contributed by atoms with Crippen LogP contribution in [-0.2, 0) is 0 Å². The van der Waals surface area contributed by atoms with Crippen LogP contribution >= 0.6 is 11.3 Å². The fourth-order valence-electron chi connectivity index (χ4n) is 2.16. The van der Waals surface area contributed by atoms with Gasteiger partial charge < -0.3 is 5.32 Å². The maximum atomic E-state index is 13.3. The van der Waals surface area contributed by atoms with Crippen LogP contribution in [0.4, 0.5) is 13.2 Å². The number of hydrogen-bond donors (Lipinski definition) is 1. The van der Waals surface area contributed by atoms with Crippen LogP contribution in [0, 0.1) is 17.5 Å². The summed E-state index contributed by atoms with van der Waals surface area (Å²) in [6, 6.07) is 6.08. The molecule has 1 aromatic heterocycles. The molecular weight excluding hydrogens is 295 g/mol. The molecule has 1 nitrogen and oxygen atoms in total. The van der Waals surface area contributed by atoms with E-state index >= 15 is 0 Å². The van der Waals surface area contributed by atoms with E-state index in [1.807, 2.05) is 12.1 Å².